The number of rotatable bonds is 3. The van der Waals surface area contributed by atoms with Gasteiger partial charge in [0.15, 0.2) is 9.84 Å². The van der Waals surface area contributed by atoms with Crippen LogP contribution in [0.4, 0.5) is 5.95 Å². The Morgan fingerprint density at radius 3 is 2.67 bits per heavy atom. The Morgan fingerprint density at radius 1 is 1.50 bits per heavy atom. The maximum absolute atomic E-state index is 11.6. The Kier molecular flexibility index (Phi) is 3.17. The number of anilines is 1. The average molecular weight is 271 g/mol. The maximum Gasteiger partial charge on any atom is 0.203 e. The summed E-state index contributed by atoms with van der Waals surface area (Å²) in [6.07, 6.45) is 2.62. The number of nitrogens with zero attached hydrogens (tertiary/aromatic N) is 2. The fourth-order valence-corrected chi connectivity index (χ4v) is 4.47. The molecule has 1 aromatic rings. The summed E-state index contributed by atoms with van der Waals surface area (Å²) in [5.41, 5.74) is 0.541. The Bertz CT molecular complexity index is 548. The number of aryl methyl sites for hydroxylation is 1. The van der Waals surface area contributed by atoms with Gasteiger partial charge in [0.2, 0.25) is 5.95 Å². The first kappa shape index (κ1) is 13.4. The highest BCUT2D eigenvalue weighted by Gasteiger charge is 2.39. The smallest absolute Gasteiger partial charge is 0.203 e. The second-order valence-corrected chi connectivity index (χ2v) is 7.92. The zero-order valence-electron chi connectivity index (χ0n) is 11.4. The lowest BCUT2D eigenvalue weighted by atomic mass is 10.0. The van der Waals surface area contributed by atoms with E-state index < -0.39 is 15.4 Å². The molecule has 1 aliphatic rings. The molecule has 1 N–H and O–H groups in total. The van der Waals surface area contributed by atoms with Crippen LogP contribution in [-0.4, -0.2) is 35.0 Å². The first-order chi connectivity index (χ1) is 8.21. The van der Waals surface area contributed by atoms with Gasteiger partial charge in [-0.15, -0.1) is 0 Å². The maximum atomic E-state index is 11.6. The van der Waals surface area contributed by atoms with Gasteiger partial charge < -0.3 is 9.88 Å². The lowest BCUT2D eigenvalue weighted by molar-refractivity contribution is 0.545. The van der Waals surface area contributed by atoms with Crippen LogP contribution in [0.25, 0.3) is 0 Å². The number of hydrogen-bond donors (Lipinski definition) is 1. The van der Waals surface area contributed by atoms with Crippen molar-refractivity contribution in [1.29, 1.82) is 0 Å². The third-order valence-electron chi connectivity index (χ3n) is 3.33. The van der Waals surface area contributed by atoms with E-state index >= 15 is 0 Å². The van der Waals surface area contributed by atoms with Crippen molar-refractivity contribution in [2.75, 3.05) is 16.8 Å². The van der Waals surface area contributed by atoms with Gasteiger partial charge >= 0.3 is 0 Å². The van der Waals surface area contributed by atoms with Gasteiger partial charge in [0, 0.05) is 12.2 Å². The zero-order chi connectivity index (χ0) is 13.6. The molecule has 2 heterocycles. The molecule has 1 fully saturated rings. The van der Waals surface area contributed by atoms with Crippen LogP contribution >= 0.6 is 0 Å². The molecule has 2 rings (SSSR count). The van der Waals surface area contributed by atoms with Gasteiger partial charge in [-0.1, -0.05) is 0 Å². The summed E-state index contributed by atoms with van der Waals surface area (Å²) in [6.45, 7) is 8.06. The molecule has 0 amide bonds. The predicted octanol–water partition coefficient (Wildman–Crippen LogP) is 1.76. The Morgan fingerprint density at radius 2 is 2.17 bits per heavy atom. The molecular formula is C12H21N3O2S. The van der Waals surface area contributed by atoms with E-state index in [-0.39, 0.29) is 11.5 Å². The van der Waals surface area contributed by atoms with Crippen LogP contribution in [0.2, 0.25) is 0 Å². The van der Waals surface area contributed by atoms with E-state index in [9.17, 15) is 8.42 Å². The summed E-state index contributed by atoms with van der Waals surface area (Å²) in [5.74, 6) is 1.21. The van der Waals surface area contributed by atoms with E-state index in [1.807, 2.05) is 24.6 Å². The van der Waals surface area contributed by atoms with E-state index in [4.69, 9.17) is 0 Å². The molecule has 5 nitrogen and oxygen atoms in total. The van der Waals surface area contributed by atoms with Gasteiger partial charge in [0.05, 0.1) is 22.7 Å². The van der Waals surface area contributed by atoms with Gasteiger partial charge in [-0.25, -0.2) is 13.4 Å². The van der Waals surface area contributed by atoms with Crippen LogP contribution in [0.15, 0.2) is 6.20 Å². The first-order valence-electron chi connectivity index (χ1n) is 6.25. The molecule has 0 saturated carbocycles. The molecule has 6 heteroatoms. The SMILES string of the molecule is Cc1cn(C(C)C)c(NC2(C)CCS(=O)(=O)C2)n1. The highest BCUT2D eigenvalue weighted by molar-refractivity contribution is 7.91. The van der Waals surface area contributed by atoms with Crippen LogP contribution < -0.4 is 5.32 Å². The molecular weight excluding hydrogens is 250 g/mol. The van der Waals surface area contributed by atoms with Gasteiger partial charge in [0.1, 0.15) is 0 Å². The molecule has 0 spiro atoms. The highest BCUT2D eigenvalue weighted by atomic mass is 32.2. The van der Waals surface area contributed by atoms with Crippen molar-refractivity contribution in [3.8, 4) is 0 Å². The number of hydrogen-bond acceptors (Lipinski definition) is 4. The third-order valence-corrected chi connectivity index (χ3v) is 5.23. The molecule has 1 atom stereocenters. The van der Waals surface area contributed by atoms with Crippen molar-refractivity contribution in [2.45, 2.75) is 45.7 Å². The standard InChI is InChI=1S/C12H21N3O2S/c1-9(2)15-7-10(3)13-11(15)14-12(4)5-6-18(16,17)8-12/h7,9H,5-6,8H2,1-4H3,(H,13,14). The van der Waals surface area contributed by atoms with E-state index in [0.29, 0.717) is 12.5 Å². The van der Waals surface area contributed by atoms with Crippen molar-refractivity contribution in [2.24, 2.45) is 0 Å². The number of nitrogens with one attached hydrogen (secondary N) is 1. The van der Waals surface area contributed by atoms with Gasteiger partial charge in [0.25, 0.3) is 0 Å². The molecule has 1 unspecified atom stereocenters. The van der Waals surface area contributed by atoms with E-state index in [1.54, 1.807) is 0 Å². The van der Waals surface area contributed by atoms with Crippen molar-refractivity contribution in [1.82, 2.24) is 9.55 Å². The monoisotopic (exact) mass is 271 g/mol. The summed E-state index contributed by atoms with van der Waals surface area (Å²) in [7, 11) is -2.90. The summed E-state index contributed by atoms with van der Waals surface area (Å²) >= 11 is 0. The third kappa shape index (κ3) is 2.68. The van der Waals surface area contributed by atoms with Gasteiger partial charge in [-0.3, -0.25) is 0 Å². The van der Waals surface area contributed by atoms with Crippen LogP contribution in [-0.2, 0) is 9.84 Å². The fourth-order valence-electron chi connectivity index (χ4n) is 2.38. The summed E-state index contributed by atoms with van der Waals surface area (Å²) in [5, 5.41) is 3.32. The number of sulfone groups is 1. The molecule has 1 aliphatic heterocycles. The Balaban J connectivity index is 2.25. The van der Waals surface area contributed by atoms with E-state index in [0.717, 1.165) is 11.6 Å². The molecule has 1 aromatic heterocycles. The van der Waals surface area contributed by atoms with Crippen LogP contribution in [0.5, 0.6) is 0 Å². The van der Waals surface area contributed by atoms with Crippen molar-refractivity contribution in [3.63, 3.8) is 0 Å². The van der Waals surface area contributed by atoms with Crippen molar-refractivity contribution < 1.29 is 8.42 Å². The quantitative estimate of drug-likeness (QED) is 0.910. The van der Waals surface area contributed by atoms with E-state index in [2.05, 4.69) is 24.1 Å². The Labute approximate surface area is 109 Å². The van der Waals surface area contributed by atoms with Crippen LogP contribution in [0.1, 0.15) is 38.9 Å². The minimum atomic E-state index is -2.90. The van der Waals surface area contributed by atoms with Crippen LogP contribution in [0.3, 0.4) is 0 Å². The summed E-state index contributed by atoms with van der Waals surface area (Å²) in [6, 6.07) is 0.301. The molecule has 1 saturated heterocycles. The lowest BCUT2D eigenvalue weighted by Crippen LogP contribution is -2.37. The average Bonchev–Trinajstić information content (AvgIpc) is 2.67. The second-order valence-electron chi connectivity index (χ2n) is 5.73. The molecule has 0 bridgehead atoms. The molecule has 102 valence electrons. The van der Waals surface area contributed by atoms with Crippen molar-refractivity contribution >= 4 is 15.8 Å². The topological polar surface area (TPSA) is 64.0 Å². The molecule has 0 aromatic carbocycles. The Hall–Kier alpha value is -1.04. The first-order valence-corrected chi connectivity index (χ1v) is 8.07. The van der Waals surface area contributed by atoms with E-state index in [1.165, 1.54) is 0 Å². The summed E-state index contributed by atoms with van der Waals surface area (Å²) in [4.78, 5) is 4.45. The minimum absolute atomic E-state index is 0.185. The van der Waals surface area contributed by atoms with Crippen LogP contribution in [0, 0.1) is 6.92 Å². The number of imidazole rings is 1. The normalized spacial score (nSPS) is 26.7. The number of aromatic nitrogens is 2. The van der Waals surface area contributed by atoms with Gasteiger partial charge in [-0.2, -0.15) is 0 Å². The second kappa shape index (κ2) is 4.26. The fraction of sp³-hybridized carbons (Fsp3) is 0.750. The molecule has 18 heavy (non-hydrogen) atoms. The highest BCUT2D eigenvalue weighted by Crippen LogP contribution is 2.28. The molecule has 0 aliphatic carbocycles. The van der Waals surface area contributed by atoms with Gasteiger partial charge in [-0.05, 0) is 34.1 Å². The largest absolute Gasteiger partial charge is 0.349 e. The molecule has 0 radical (unpaired) electrons. The lowest BCUT2D eigenvalue weighted by Gasteiger charge is -2.25. The summed E-state index contributed by atoms with van der Waals surface area (Å²) < 4.78 is 25.2. The zero-order valence-corrected chi connectivity index (χ0v) is 12.2. The van der Waals surface area contributed by atoms with Crippen molar-refractivity contribution in [3.05, 3.63) is 11.9 Å². The minimum Gasteiger partial charge on any atom is -0.349 e. The predicted molar refractivity (Wildman–Crippen MR) is 72.6 cm³/mol.